The zero-order chi connectivity index (χ0) is 13.4. The minimum atomic E-state index is -0.0583. The van der Waals surface area contributed by atoms with Gasteiger partial charge in [-0.3, -0.25) is 14.5 Å². The van der Waals surface area contributed by atoms with Crippen molar-refractivity contribution in [3.8, 4) is 0 Å². The van der Waals surface area contributed by atoms with Crippen molar-refractivity contribution in [3.63, 3.8) is 0 Å². The summed E-state index contributed by atoms with van der Waals surface area (Å²) in [6, 6.07) is 3.74. The van der Waals surface area contributed by atoms with Crippen LogP contribution in [0.1, 0.15) is 24.8 Å². The summed E-state index contributed by atoms with van der Waals surface area (Å²) in [6.07, 6.45) is 4.44. The Hall–Kier alpha value is -1.91. The van der Waals surface area contributed by atoms with Gasteiger partial charge in [-0.2, -0.15) is 0 Å². The topological polar surface area (TPSA) is 62.3 Å². The van der Waals surface area contributed by atoms with Crippen LogP contribution in [-0.2, 0) is 16.1 Å². The fraction of sp³-hybridized carbons (Fsp3) is 0.500. The number of carbonyl (C=O) groups is 2. The molecule has 100 valence electrons. The van der Waals surface area contributed by atoms with Gasteiger partial charge in [0.1, 0.15) is 5.82 Å². The summed E-state index contributed by atoms with van der Waals surface area (Å²) < 4.78 is 0. The van der Waals surface area contributed by atoms with Gasteiger partial charge >= 0.3 is 0 Å². The van der Waals surface area contributed by atoms with E-state index in [0.29, 0.717) is 6.54 Å². The third kappa shape index (κ3) is 1.99. The molecular weight excluding hydrogens is 242 g/mol. The first-order valence-electron chi connectivity index (χ1n) is 6.68. The van der Waals surface area contributed by atoms with E-state index in [-0.39, 0.29) is 23.7 Å². The summed E-state index contributed by atoms with van der Waals surface area (Å²) in [5.41, 5.74) is 0.890. The van der Waals surface area contributed by atoms with Crippen molar-refractivity contribution in [1.82, 2.24) is 9.88 Å². The maximum Gasteiger partial charge on any atom is 0.233 e. The number of pyridine rings is 1. The molecule has 5 nitrogen and oxygen atoms in total. The largest absolute Gasteiger partial charge is 0.373 e. The van der Waals surface area contributed by atoms with Crippen molar-refractivity contribution in [2.24, 2.45) is 11.8 Å². The zero-order valence-corrected chi connectivity index (χ0v) is 10.9. The molecular formula is C14H17N3O2. The maximum absolute atomic E-state index is 12.2. The molecule has 2 atom stereocenters. The number of hydrogen-bond acceptors (Lipinski definition) is 4. The van der Waals surface area contributed by atoms with Gasteiger partial charge in [-0.1, -0.05) is 12.5 Å². The number of carbonyl (C=O) groups excluding carboxylic acids is 2. The minimum absolute atomic E-state index is 0.00481. The highest BCUT2D eigenvalue weighted by Gasteiger charge is 2.49. The van der Waals surface area contributed by atoms with Crippen molar-refractivity contribution < 1.29 is 9.59 Å². The van der Waals surface area contributed by atoms with Crippen LogP contribution < -0.4 is 5.32 Å². The van der Waals surface area contributed by atoms with Gasteiger partial charge in [-0.05, 0) is 24.5 Å². The molecule has 1 aromatic rings. The number of fused-ring (bicyclic) bond motifs is 1. The van der Waals surface area contributed by atoms with Crippen LogP contribution in [0.2, 0.25) is 0 Å². The van der Waals surface area contributed by atoms with Crippen LogP contribution in [0.25, 0.3) is 0 Å². The van der Waals surface area contributed by atoms with E-state index in [1.165, 1.54) is 4.90 Å². The molecule has 0 bridgehead atoms. The van der Waals surface area contributed by atoms with Crippen LogP contribution in [0.4, 0.5) is 5.82 Å². The molecule has 2 aliphatic rings. The summed E-state index contributed by atoms with van der Waals surface area (Å²) in [5, 5.41) is 2.94. The average Bonchev–Trinajstić information content (AvgIpc) is 3.00. The van der Waals surface area contributed by atoms with E-state index in [2.05, 4.69) is 10.3 Å². The molecule has 5 heteroatoms. The van der Waals surface area contributed by atoms with Gasteiger partial charge in [-0.25, -0.2) is 4.98 Å². The predicted octanol–water partition coefficient (Wildman–Crippen LogP) is 1.41. The fourth-order valence-electron chi connectivity index (χ4n) is 3.06. The maximum atomic E-state index is 12.2. The summed E-state index contributed by atoms with van der Waals surface area (Å²) in [6.45, 7) is 0.349. The first-order chi connectivity index (χ1) is 9.20. The highest BCUT2D eigenvalue weighted by Crippen LogP contribution is 2.40. The van der Waals surface area contributed by atoms with Gasteiger partial charge in [0.05, 0.1) is 18.4 Å². The molecule has 1 saturated carbocycles. The molecule has 2 amide bonds. The monoisotopic (exact) mass is 259 g/mol. The van der Waals surface area contributed by atoms with Gasteiger partial charge in [0, 0.05) is 13.2 Å². The van der Waals surface area contributed by atoms with E-state index in [1.54, 1.807) is 13.2 Å². The number of nitrogens with zero attached hydrogens (tertiary/aromatic N) is 2. The lowest BCUT2D eigenvalue weighted by molar-refractivity contribution is -0.141. The van der Waals surface area contributed by atoms with Gasteiger partial charge in [0.25, 0.3) is 0 Å². The van der Waals surface area contributed by atoms with Crippen LogP contribution in [-0.4, -0.2) is 28.7 Å². The van der Waals surface area contributed by atoms with Gasteiger partial charge in [-0.15, -0.1) is 0 Å². The normalized spacial score (nSPS) is 25.8. The Labute approximate surface area is 112 Å². The average molecular weight is 259 g/mol. The Balaban J connectivity index is 1.76. The Morgan fingerprint density at radius 3 is 2.47 bits per heavy atom. The lowest BCUT2D eigenvalue weighted by Crippen LogP contribution is -2.31. The first-order valence-corrected chi connectivity index (χ1v) is 6.68. The second-order valence-corrected chi connectivity index (χ2v) is 5.21. The second kappa shape index (κ2) is 4.64. The smallest absolute Gasteiger partial charge is 0.233 e. The van der Waals surface area contributed by atoms with Crippen LogP contribution in [0, 0.1) is 11.8 Å². The van der Waals surface area contributed by atoms with Crippen LogP contribution in [0.5, 0.6) is 0 Å². The summed E-state index contributed by atoms with van der Waals surface area (Å²) >= 11 is 0. The Morgan fingerprint density at radius 1 is 1.26 bits per heavy atom. The molecule has 3 rings (SSSR count). The molecule has 0 radical (unpaired) electrons. The number of anilines is 1. The Bertz CT molecular complexity index is 490. The number of aromatic nitrogens is 1. The van der Waals surface area contributed by atoms with E-state index in [0.717, 1.165) is 30.6 Å². The van der Waals surface area contributed by atoms with E-state index in [1.807, 2.05) is 12.1 Å². The van der Waals surface area contributed by atoms with Crippen molar-refractivity contribution in [3.05, 3.63) is 23.9 Å². The molecule has 0 spiro atoms. The molecule has 1 aromatic heterocycles. The van der Waals surface area contributed by atoms with E-state index in [4.69, 9.17) is 0 Å². The van der Waals surface area contributed by atoms with Gasteiger partial charge in [0.2, 0.25) is 11.8 Å². The van der Waals surface area contributed by atoms with E-state index in [9.17, 15) is 9.59 Å². The highest BCUT2D eigenvalue weighted by atomic mass is 16.2. The predicted molar refractivity (Wildman–Crippen MR) is 70.2 cm³/mol. The molecule has 1 aliphatic carbocycles. The molecule has 1 saturated heterocycles. The lowest BCUT2D eigenvalue weighted by Gasteiger charge is -2.15. The van der Waals surface area contributed by atoms with Crippen molar-refractivity contribution in [1.29, 1.82) is 0 Å². The van der Waals surface area contributed by atoms with E-state index < -0.39 is 0 Å². The number of imide groups is 1. The quantitative estimate of drug-likeness (QED) is 0.834. The van der Waals surface area contributed by atoms with Crippen molar-refractivity contribution in [2.45, 2.75) is 25.8 Å². The van der Waals surface area contributed by atoms with Crippen LogP contribution in [0.15, 0.2) is 18.3 Å². The SMILES string of the molecule is CNc1ccc(CN2C(=O)C3CCCC3C2=O)cn1. The molecule has 2 fully saturated rings. The first kappa shape index (κ1) is 12.1. The molecule has 1 aliphatic heterocycles. The number of likely N-dealkylation sites (tertiary alicyclic amines) is 1. The minimum Gasteiger partial charge on any atom is -0.373 e. The third-order valence-corrected chi connectivity index (χ3v) is 4.10. The van der Waals surface area contributed by atoms with Gasteiger partial charge < -0.3 is 5.32 Å². The second-order valence-electron chi connectivity index (χ2n) is 5.21. The molecule has 2 heterocycles. The number of nitrogens with one attached hydrogen (secondary N) is 1. The van der Waals surface area contributed by atoms with Gasteiger partial charge in [0.15, 0.2) is 0 Å². The molecule has 19 heavy (non-hydrogen) atoms. The zero-order valence-electron chi connectivity index (χ0n) is 10.9. The van der Waals surface area contributed by atoms with Crippen molar-refractivity contribution in [2.75, 3.05) is 12.4 Å². The third-order valence-electron chi connectivity index (χ3n) is 4.10. The molecule has 1 N–H and O–H groups in total. The number of rotatable bonds is 3. The number of amides is 2. The Kier molecular flexibility index (Phi) is 2.97. The summed E-state index contributed by atoms with van der Waals surface area (Å²) in [4.78, 5) is 30.0. The van der Waals surface area contributed by atoms with Crippen molar-refractivity contribution >= 4 is 17.6 Å². The highest BCUT2D eigenvalue weighted by molar-refractivity contribution is 6.05. The summed E-state index contributed by atoms with van der Waals surface area (Å²) in [5.74, 6) is 0.671. The summed E-state index contributed by atoms with van der Waals surface area (Å²) in [7, 11) is 1.80. The van der Waals surface area contributed by atoms with Crippen LogP contribution >= 0.6 is 0 Å². The lowest BCUT2D eigenvalue weighted by atomic mass is 10.00. The molecule has 0 aromatic carbocycles. The van der Waals surface area contributed by atoms with Crippen LogP contribution in [0.3, 0.4) is 0 Å². The van der Waals surface area contributed by atoms with E-state index >= 15 is 0 Å². The standard InChI is InChI=1S/C14H17N3O2/c1-15-12-6-5-9(7-16-12)8-17-13(18)10-3-2-4-11(10)14(17)19/h5-7,10-11H,2-4,8H2,1H3,(H,15,16). The molecule has 2 unspecified atom stereocenters. The Morgan fingerprint density at radius 2 is 1.95 bits per heavy atom. The fourth-order valence-corrected chi connectivity index (χ4v) is 3.06. The number of hydrogen-bond donors (Lipinski definition) is 1.